The average molecular weight is 293 g/mol. The molecule has 2 aromatic rings. The highest BCUT2D eigenvalue weighted by Gasteiger charge is 2.37. The summed E-state index contributed by atoms with van der Waals surface area (Å²) in [6.07, 6.45) is 6.71. The van der Waals surface area contributed by atoms with E-state index in [0.717, 1.165) is 18.4 Å². The van der Waals surface area contributed by atoms with Crippen LogP contribution in [0.4, 0.5) is 10.1 Å². The number of hydrogen-bond donors (Lipinski definition) is 1. The number of rotatable bonds is 2. The Morgan fingerprint density at radius 3 is 2.91 bits per heavy atom. The van der Waals surface area contributed by atoms with Crippen LogP contribution in [-0.4, -0.2) is 0 Å². The van der Waals surface area contributed by atoms with E-state index < -0.39 is 0 Å². The molecule has 0 aromatic heterocycles. The van der Waals surface area contributed by atoms with Gasteiger partial charge in [-0.25, -0.2) is 4.39 Å². The van der Waals surface area contributed by atoms with Crippen molar-refractivity contribution in [3.8, 4) is 0 Å². The molecule has 1 nitrogen and oxygen atoms in total. The molecule has 1 N–H and O–H groups in total. The minimum Gasteiger partial charge on any atom is -0.378 e. The van der Waals surface area contributed by atoms with Crippen molar-refractivity contribution in [2.24, 2.45) is 5.92 Å². The van der Waals surface area contributed by atoms with E-state index in [9.17, 15) is 4.39 Å². The van der Waals surface area contributed by atoms with Crippen molar-refractivity contribution in [2.45, 2.75) is 31.7 Å². The van der Waals surface area contributed by atoms with E-state index in [2.05, 4.69) is 42.6 Å². The Kier molecular flexibility index (Phi) is 3.25. The smallest absolute Gasteiger partial charge is 0.123 e. The summed E-state index contributed by atoms with van der Waals surface area (Å²) in [4.78, 5) is 0. The van der Waals surface area contributed by atoms with Gasteiger partial charge >= 0.3 is 0 Å². The van der Waals surface area contributed by atoms with Crippen molar-refractivity contribution < 1.29 is 4.39 Å². The second kappa shape index (κ2) is 5.28. The summed E-state index contributed by atoms with van der Waals surface area (Å²) < 4.78 is 13.6. The molecule has 0 unspecified atom stereocenters. The van der Waals surface area contributed by atoms with Crippen molar-refractivity contribution in [2.75, 3.05) is 5.32 Å². The summed E-state index contributed by atoms with van der Waals surface area (Å²) in [5.41, 5.74) is 5.01. The molecule has 112 valence electrons. The first-order chi connectivity index (χ1) is 10.8. The van der Waals surface area contributed by atoms with Crippen LogP contribution in [0.1, 0.15) is 42.0 Å². The van der Waals surface area contributed by atoms with Gasteiger partial charge in [-0.3, -0.25) is 0 Å². The van der Waals surface area contributed by atoms with Gasteiger partial charge in [0.1, 0.15) is 5.82 Å². The van der Waals surface area contributed by atoms with Crippen molar-refractivity contribution in [3.05, 3.63) is 77.1 Å². The SMILES string of the molecule is CCc1ccc2c(c1)[C@@H]1C=CC[C@H]1[C@@H](c1cccc(F)c1)N2. The zero-order valence-corrected chi connectivity index (χ0v) is 12.7. The van der Waals surface area contributed by atoms with Crippen LogP contribution < -0.4 is 5.32 Å². The molecule has 2 aliphatic rings. The summed E-state index contributed by atoms with van der Waals surface area (Å²) in [6.45, 7) is 2.19. The summed E-state index contributed by atoms with van der Waals surface area (Å²) in [5, 5.41) is 3.66. The van der Waals surface area contributed by atoms with E-state index in [1.54, 1.807) is 12.1 Å². The van der Waals surface area contributed by atoms with E-state index in [1.807, 2.05) is 6.07 Å². The third-order valence-electron chi connectivity index (χ3n) is 5.04. The maximum Gasteiger partial charge on any atom is 0.123 e. The van der Waals surface area contributed by atoms with E-state index >= 15 is 0 Å². The quantitative estimate of drug-likeness (QED) is 0.749. The van der Waals surface area contributed by atoms with Gasteiger partial charge < -0.3 is 5.32 Å². The third kappa shape index (κ3) is 2.14. The van der Waals surface area contributed by atoms with Crippen molar-refractivity contribution in [1.82, 2.24) is 0 Å². The molecular weight excluding hydrogens is 273 g/mol. The zero-order chi connectivity index (χ0) is 15.1. The van der Waals surface area contributed by atoms with E-state index in [4.69, 9.17) is 0 Å². The van der Waals surface area contributed by atoms with Crippen molar-refractivity contribution in [1.29, 1.82) is 0 Å². The first-order valence-corrected chi connectivity index (χ1v) is 8.07. The molecular formula is C20H20FN. The number of halogens is 1. The van der Waals surface area contributed by atoms with Gasteiger partial charge in [0.05, 0.1) is 6.04 Å². The number of fused-ring (bicyclic) bond motifs is 3. The first kappa shape index (κ1) is 13.6. The van der Waals surface area contributed by atoms with Gasteiger partial charge in [-0.05, 0) is 53.6 Å². The number of benzene rings is 2. The Hall–Kier alpha value is -2.09. The molecule has 0 saturated carbocycles. The average Bonchev–Trinajstić information content (AvgIpc) is 3.03. The molecule has 22 heavy (non-hydrogen) atoms. The molecule has 4 rings (SSSR count). The molecule has 2 heteroatoms. The lowest BCUT2D eigenvalue weighted by atomic mass is 9.76. The fourth-order valence-corrected chi connectivity index (χ4v) is 3.89. The Morgan fingerprint density at radius 1 is 1.18 bits per heavy atom. The van der Waals surface area contributed by atoms with Gasteiger partial charge in [0, 0.05) is 11.6 Å². The van der Waals surface area contributed by atoms with Gasteiger partial charge in [0.15, 0.2) is 0 Å². The molecule has 1 aliphatic heterocycles. The molecule has 0 spiro atoms. The third-order valence-corrected chi connectivity index (χ3v) is 5.04. The minimum absolute atomic E-state index is 0.158. The van der Waals surface area contributed by atoms with Gasteiger partial charge in [-0.2, -0.15) is 0 Å². The maximum absolute atomic E-state index is 13.6. The van der Waals surface area contributed by atoms with Gasteiger partial charge in [0.2, 0.25) is 0 Å². The Bertz CT molecular complexity index is 734. The topological polar surface area (TPSA) is 12.0 Å². The zero-order valence-electron chi connectivity index (χ0n) is 12.7. The first-order valence-electron chi connectivity index (χ1n) is 8.07. The van der Waals surface area contributed by atoms with Gasteiger partial charge in [-0.1, -0.05) is 43.3 Å². The summed E-state index contributed by atoms with van der Waals surface area (Å²) in [6, 6.07) is 13.9. The number of anilines is 1. The van der Waals surface area contributed by atoms with Crippen molar-refractivity contribution in [3.63, 3.8) is 0 Å². The van der Waals surface area contributed by atoms with Crippen LogP contribution >= 0.6 is 0 Å². The predicted molar refractivity (Wildman–Crippen MR) is 88.6 cm³/mol. The lowest BCUT2D eigenvalue weighted by Crippen LogP contribution is -2.29. The predicted octanol–water partition coefficient (Wildman–Crippen LogP) is 5.21. The molecule has 1 aliphatic carbocycles. The van der Waals surface area contributed by atoms with E-state index in [0.29, 0.717) is 11.8 Å². The lowest BCUT2D eigenvalue weighted by molar-refractivity contribution is 0.424. The number of nitrogens with one attached hydrogen (secondary N) is 1. The van der Waals surface area contributed by atoms with Gasteiger partial charge in [-0.15, -0.1) is 0 Å². The lowest BCUT2D eigenvalue weighted by Gasteiger charge is -2.37. The van der Waals surface area contributed by atoms with Crippen LogP contribution in [0.25, 0.3) is 0 Å². The van der Waals surface area contributed by atoms with Gasteiger partial charge in [0.25, 0.3) is 0 Å². The highest BCUT2D eigenvalue weighted by molar-refractivity contribution is 5.60. The van der Waals surface area contributed by atoms with Crippen LogP contribution in [0.3, 0.4) is 0 Å². The maximum atomic E-state index is 13.6. The molecule has 0 radical (unpaired) electrons. The molecule has 0 amide bonds. The Labute approximate surface area is 130 Å². The van der Waals surface area contributed by atoms with Crippen LogP contribution in [0.5, 0.6) is 0 Å². The number of hydrogen-bond acceptors (Lipinski definition) is 1. The molecule has 0 saturated heterocycles. The summed E-state index contributed by atoms with van der Waals surface area (Å²) in [7, 11) is 0. The highest BCUT2D eigenvalue weighted by Crippen LogP contribution is 2.49. The second-order valence-corrected chi connectivity index (χ2v) is 6.31. The minimum atomic E-state index is -0.158. The van der Waals surface area contributed by atoms with Crippen LogP contribution in [0.2, 0.25) is 0 Å². The normalized spacial score (nSPS) is 25.5. The summed E-state index contributed by atoms with van der Waals surface area (Å²) in [5.74, 6) is 0.756. The Morgan fingerprint density at radius 2 is 2.09 bits per heavy atom. The monoisotopic (exact) mass is 293 g/mol. The van der Waals surface area contributed by atoms with E-state index in [1.165, 1.54) is 22.9 Å². The Balaban J connectivity index is 1.78. The molecule has 1 heterocycles. The number of aryl methyl sites for hydroxylation is 1. The molecule has 0 fully saturated rings. The standard InChI is InChI=1S/C20H20FN/c1-2-13-9-10-19-18(11-13)16-7-4-8-17(16)20(22-19)14-5-3-6-15(21)12-14/h3-7,9-12,16-17,20,22H,2,8H2,1H3/t16-,17-,20-/m1/s1. The fourth-order valence-electron chi connectivity index (χ4n) is 3.89. The molecule has 2 aromatic carbocycles. The second-order valence-electron chi connectivity index (χ2n) is 6.31. The molecule has 3 atom stereocenters. The van der Waals surface area contributed by atoms with Crippen LogP contribution in [0.15, 0.2) is 54.6 Å². The van der Waals surface area contributed by atoms with Crippen LogP contribution in [-0.2, 0) is 6.42 Å². The number of allylic oxidation sites excluding steroid dienone is 2. The highest BCUT2D eigenvalue weighted by atomic mass is 19.1. The molecule has 0 bridgehead atoms. The van der Waals surface area contributed by atoms with Crippen LogP contribution in [0, 0.1) is 11.7 Å². The van der Waals surface area contributed by atoms with E-state index in [-0.39, 0.29) is 11.9 Å². The fraction of sp³-hybridized carbons (Fsp3) is 0.300. The summed E-state index contributed by atoms with van der Waals surface area (Å²) >= 11 is 0. The largest absolute Gasteiger partial charge is 0.378 e. The van der Waals surface area contributed by atoms with Crippen molar-refractivity contribution >= 4 is 5.69 Å².